The smallest absolute Gasteiger partial charge is 0.410 e. The lowest BCUT2D eigenvalue weighted by atomic mass is 9.86. The van der Waals surface area contributed by atoms with Crippen molar-refractivity contribution in [2.75, 3.05) is 50.0 Å². The van der Waals surface area contributed by atoms with E-state index in [-0.39, 0.29) is 55.1 Å². The highest BCUT2D eigenvalue weighted by atomic mass is 35.5. The van der Waals surface area contributed by atoms with E-state index in [2.05, 4.69) is 83.6 Å². The van der Waals surface area contributed by atoms with Crippen molar-refractivity contribution in [3.8, 4) is 23.4 Å². The van der Waals surface area contributed by atoms with Gasteiger partial charge in [-0.2, -0.15) is 8.42 Å². The van der Waals surface area contributed by atoms with Crippen molar-refractivity contribution in [2.24, 2.45) is 50.5 Å². The molecule has 4 atom stereocenters. The van der Waals surface area contributed by atoms with Gasteiger partial charge in [-0.15, -0.1) is 10.2 Å². The lowest BCUT2D eigenvalue weighted by Gasteiger charge is -2.36. The summed E-state index contributed by atoms with van der Waals surface area (Å²) in [6, 6.07) is 39.1. The number of fused-ring (bicyclic) bond motifs is 2. The fourth-order valence-corrected chi connectivity index (χ4v) is 21.0. The number of carbonyl (C=O) groups is 4. The normalized spacial score (nSPS) is 21.3. The molecule has 2 saturated heterocycles. The second-order valence-corrected chi connectivity index (χ2v) is 39.4. The number of ether oxygens (including phenoxy) is 4. The van der Waals surface area contributed by atoms with Crippen LogP contribution in [0.15, 0.2) is 156 Å². The quantitative estimate of drug-likeness (QED) is 0.0215. The van der Waals surface area contributed by atoms with Gasteiger partial charge in [-0.1, -0.05) is 96.0 Å². The minimum Gasteiger partial charge on any atom is -0.478 e. The summed E-state index contributed by atoms with van der Waals surface area (Å²) in [5.74, 6) is 2.89. The number of rotatable bonds is 29. The van der Waals surface area contributed by atoms with Gasteiger partial charge in [-0.25, -0.2) is 62.0 Å². The molecule has 8 aliphatic rings. The Kier molecular flexibility index (Phi) is 23.7. The molecule has 6 aliphatic carbocycles. The number of carboxylic acid groups (broad SMARTS) is 1. The van der Waals surface area contributed by atoms with E-state index in [0.29, 0.717) is 102 Å². The number of hydrogen-bond donors (Lipinski definition) is 5. The van der Waals surface area contributed by atoms with Gasteiger partial charge in [0, 0.05) is 61.8 Å². The topological polar surface area (TPSA) is 350 Å². The third-order valence-corrected chi connectivity index (χ3v) is 27.5. The van der Waals surface area contributed by atoms with Crippen LogP contribution in [-0.2, 0) is 42.4 Å². The number of hydrogen-bond acceptors (Lipinski definition) is 20. The Morgan fingerprint density at radius 1 is 0.521 bits per heavy atom. The van der Waals surface area contributed by atoms with Crippen LogP contribution in [0.2, 0.25) is 10.3 Å². The van der Waals surface area contributed by atoms with E-state index in [9.17, 15) is 36.0 Å². The zero-order chi connectivity index (χ0) is 83.1. The number of sulfonamides is 2. The number of pyridine rings is 4. The number of likely N-dealkylation sites (tertiary alicyclic amines) is 2. The van der Waals surface area contributed by atoms with Crippen LogP contribution in [-0.4, -0.2) is 157 Å². The fourth-order valence-electron chi connectivity index (χ4n) is 19.1. The summed E-state index contributed by atoms with van der Waals surface area (Å²) in [4.78, 5) is 71.0. The first-order valence-corrected chi connectivity index (χ1v) is 44.3. The van der Waals surface area contributed by atoms with Crippen LogP contribution < -0.4 is 30.0 Å². The van der Waals surface area contributed by atoms with Crippen LogP contribution >= 0.6 is 23.2 Å². The van der Waals surface area contributed by atoms with Crippen molar-refractivity contribution in [2.45, 2.75) is 203 Å². The number of benzene rings is 2. The molecule has 0 bridgehead atoms. The average molecular weight is 1680 g/mol. The highest BCUT2D eigenvalue weighted by Gasteiger charge is 2.86. The summed E-state index contributed by atoms with van der Waals surface area (Å²) < 4.78 is 78.0. The zero-order valence-electron chi connectivity index (χ0n) is 67.6. The number of nitrogens with zero attached hydrogens (tertiary/aromatic N) is 10. The zero-order valence-corrected chi connectivity index (χ0v) is 70.7. The molecule has 117 heavy (non-hydrogen) atoms. The van der Waals surface area contributed by atoms with Crippen LogP contribution in [0, 0.1) is 45.3 Å². The van der Waals surface area contributed by atoms with Crippen molar-refractivity contribution in [1.29, 1.82) is 0 Å². The number of nitrogens with one attached hydrogen (secondary N) is 3. The molecule has 0 radical (unpaired) electrons. The molecule has 2 aliphatic heterocycles. The average Bonchev–Trinajstić information content (AvgIpc) is 1.45. The number of primary sulfonamides is 1. The lowest BCUT2D eigenvalue weighted by Crippen LogP contribution is -2.48. The SMILES string of the molecule is CC(C)(C)OC(=O)N1CC(CCCNc2cccc(S(=O)(=O)NC(=O)c3ccc(-n4ccc(OCCC5C6(CC6)C56CC6)n4)nc3Cl)n2)CC1(C)Cc1ccccc1.CC(C)(C)OC(=O)N1CC(CCCNc2cccc(S(N)(=O)=O)n2)CC1(C)Cc1ccccc1.O=C(O)c1ccc(-n2ccc(OCCC3C4(CC4)C34CC4)n2)nc1Cl. The van der Waals surface area contributed by atoms with Gasteiger partial charge in [-0.3, -0.25) is 4.79 Å². The number of aromatic nitrogens is 8. The molecule has 4 unspecified atom stereocenters. The Hall–Kier alpha value is -9.42. The third-order valence-electron chi connectivity index (χ3n) is 24.9. The van der Waals surface area contributed by atoms with E-state index < -0.39 is 48.7 Å². The summed E-state index contributed by atoms with van der Waals surface area (Å²) in [7, 11) is -8.19. The standard InChI is InChI=1S/C43H52ClN7O6S.C25H36N4O4S.C18H18ClN3O3/c1-40(2,3)57-39(53)50-28-30(27-41(50,4)26-29-10-6-5-7-11-29)12-9-23-45-33-13-8-14-36(46-33)58(54,55)49-38(52)31-15-16-34(47-37(31)44)51-24-17-35(48-51)56-25-18-32-42(19-20-42)43(32)21-22-43;1-24(2,3)33-23(30)29-18-20(17-25(29,4)16-19-10-6-5-7-11-19)12-9-15-27-21-13-8-14-22(28-21)34(26,31)32;19-15-11(16(23)24)1-2-13(20-15)22-9-3-14(21-22)25-10-4-12-17(5-6-17)18(12)7-8-18/h5-8,10-11,13-17,24,30,32H,9,12,18-23,25-28H2,1-4H3,(H,45,46)(H,49,52);5-8,10-11,13-14,20H,9,12,15-18H2,1-4H3,(H,27,28)(H2,26,31,32);1-3,9,12H,4-8,10H2,(H,23,24). The predicted molar refractivity (Wildman–Crippen MR) is 443 cm³/mol. The highest BCUT2D eigenvalue weighted by molar-refractivity contribution is 7.90. The highest BCUT2D eigenvalue weighted by Crippen LogP contribution is 2.94. The molecule has 8 heterocycles. The number of aromatic carboxylic acids is 1. The number of nitrogens with two attached hydrogens (primary N) is 1. The van der Waals surface area contributed by atoms with Crippen LogP contribution in [0.1, 0.15) is 190 Å². The minimum atomic E-state index is -4.35. The fraction of sp³-hybridized carbons (Fsp3) is 0.512. The number of carbonyl (C=O) groups excluding carboxylic acids is 3. The first-order valence-electron chi connectivity index (χ1n) is 40.6. The molecule has 624 valence electrons. The molecule has 4 spiro atoms. The van der Waals surface area contributed by atoms with Crippen molar-refractivity contribution in [1.82, 2.24) is 54.0 Å². The molecule has 6 aromatic heterocycles. The predicted octanol–water partition coefficient (Wildman–Crippen LogP) is 15.6. The molecule has 6 N–H and O–H groups in total. The summed E-state index contributed by atoms with van der Waals surface area (Å²) in [6.07, 6.45) is 22.8. The first kappa shape index (κ1) is 84.0. The number of halogens is 2. The van der Waals surface area contributed by atoms with E-state index in [1.807, 2.05) is 87.7 Å². The van der Waals surface area contributed by atoms with Crippen LogP contribution in [0.5, 0.6) is 11.8 Å². The van der Waals surface area contributed by atoms with Crippen molar-refractivity contribution in [3.63, 3.8) is 0 Å². The van der Waals surface area contributed by atoms with Crippen molar-refractivity contribution >= 4 is 78.9 Å². The van der Waals surface area contributed by atoms with E-state index in [0.717, 1.165) is 81.6 Å². The maximum atomic E-state index is 13.3. The van der Waals surface area contributed by atoms with Crippen LogP contribution in [0.3, 0.4) is 0 Å². The van der Waals surface area contributed by atoms with Crippen molar-refractivity contribution < 1.29 is 60.1 Å². The summed E-state index contributed by atoms with van der Waals surface area (Å²) >= 11 is 12.3. The van der Waals surface area contributed by atoms with E-state index >= 15 is 0 Å². The summed E-state index contributed by atoms with van der Waals surface area (Å²) in [6.45, 7) is 19.3. The van der Waals surface area contributed by atoms with E-state index in [4.69, 9.17) is 52.4 Å². The van der Waals surface area contributed by atoms with Gasteiger partial charge < -0.3 is 44.5 Å². The molecule has 6 saturated carbocycles. The number of carboxylic acids is 1. The van der Waals surface area contributed by atoms with E-state index in [1.54, 1.807) is 54.9 Å². The Labute approximate surface area is 694 Å². The van der Waals surface area contributed by atoms with Gasteiger partial charge in [0.05, 0.1) is 24.3 Å². The molecular formula is C86H106Cl2N14O13S2. The van der Waals surface area contributed by atoms with Gasteiger partial charge in [0.15, 0.2) is 21.7 Å². The second kappa shape index (κ2) is 33.1. The lowest BCUT2D eigenvalue weighted by molar-refractivity contribution is 0.00927. The van der Waals surface area contributed by atoms with Gasteiger partial charge in [0.1, 0.15) is 33.1 Å². The monoisotopic (exact) mass is 1680 g/mol. The first-order chi connectivity index (χ1) is 55.5. The van der Waals surface area contributed by atoms with Gasteiger partial charge in [-0.05, 0) is 276 Å². The summed E-state index contributed by atoms with van der Waals surface area (Å²) in [5.41, 5.74) is 3.05. The molecule has 3 amide bonds. The molecule has 27 nitrogen and oxygen atoms in total. The molecule has 2 aromatic carbocycles. The molecule has 31 heteroatoms. The van der Waals surface area contributed by atoms with Gasteiger partial charge in [0.2, 0.25) is 11.8 Å². The molecule has 8 fully saturated rings. The molecule has 16 rings (SSSR count). The molecule has 8 aromatic rings. The number of amides is 3. The summed E-state index contributed by atoms with van der Waals surface area (Å²) in [5, 5.41) is 28.6. The Balaban J connectivity index is 0.000000160. The second-order valence-electron chi connectivity index (χ2n) is 35.5. The van der Waals surface area contributed by atoms with Crippen LogP contribution in [0.4, 0.5) is 21.2 Å². The Morgan fingerprint density at radius 2 is 0.923 bits per heavy atom. The molecular weight excluding hydrogens is 1570 g/mol. The van der Waals surface area contributed by atoms with Gasteiger partial charge >= 0.3 is 18.2 Å². The minimum absolute atomic E-state index is 0.0264. The van der Waals surface area contributed by atoms with Crippen LogP contribution in [0.25, 0.3) is 11.6 Å². The maximum absolute atomic E-state index is 13.3. The van der Waals surface area contributed by atoms with Crippen molar-refractivity contribution in [3.05, 3.63) is 178 Å². The Bertz CT molecular complexity index is 5170. The third kappa shape index (κ3) is 19.3. The largest absolute Gasteiger partial charge is 0.478 e. The van der Waals surface area contributed by atoms with E-state index in [1.165, 1.54) is 96.6 Å². The Morgan fingerprint density at radius 3 is 1.31 bits per heavy atom. The number of anilines is 2. The maximum Gasteiger partial charge on any atom is 0.410 e. The van der Waals surface area contributed by atoms with Gasteiger partial charge in [0.25, 0.3) is 26.0 Å².